The first-order valence-corrected chi connectivity index (χ1v) is 5.13. The fourth-order valence-electron chi connectivity index (χ4n) is 1.43. The molecule has 0 amide bonds. The maximum atomic E-state index is 3.90. The summed E-state index contributed by atoms with van der Waals surface area (Å²) in [7, 11) is 1.94. The van der Waals surface area contributed by atoms with E-state index in [1.54, 1.807) is 0 Å². The first-order valence-electron chi connectivity index (χ1n) is 5.13. The van der Waals surface area contributed by atoms with Crippen LogP contribution in [0.25, 0.3) is 0 Å². The lowest BCUT2D eigenvalue weighted by Gasteiger charge is -2.03. The quantitative estimate of drug-likeness (QED) is 0.697. The minimum Gasteiger partial charge on any atom is -0.388 e. The Balaban J connectivity index is 2.40. The largest absolute Gasteiger partial charge is 0.388 e. The van der Waals surface area contributed by atoms with E-state index in [1.807, 2.05) is 7.05 Å². The van der Waals surface area contributed by atoms with Crippen LogP contribution in [0, 0.1) is 0 Å². The van der Waals surface area contributed by atoms with Crippen molar-refractivity contribution in [1.29, 1.82) is 0 Å². The summed E-state index contributed by atoms with van der Waals surface area (Å²) in [5.74, 6) is 0. The van der Waals surface area contributed by atoms with Crippen molar-refractivity contribution in [1.82, 2.24) is 0 Å². The van der Waals surface area contributed by atoms with Gasteiger partial charge in [0.2, 0.25) is 0 Å². The summed E-state index contributed by atoms with van der Waals surface area (Å²) >= 11 is 0. The third kappa shape index (κ3) is 3.65. The first kappa shape index (κ1) is 10.8. The summed E-state index contributed by atoms with van der Waals surface area (Å²) in [6.07, 6.45) is 3.48. The predicted molar refractivity (Wildman–Crippen MR) is 63.7 cm³/mol. The zero-order chi connectivity index (χ0) is 10.4. The van der Waals surface area contributed by atoms with E-state index in [9.17, 15) is 0 Å². The number of nitrogens with one attached hydrogen (secondary N) is 1. The van der Waals surface area contributed by atoms with Crippen LogP contribution >= 0.6 is 0 Å². The van der Waals surface area contributed by atoms with Gasteiger partial charge < -0.3 is 5.32 Å². The van der Waals surface area contributed by atoms with Crippen molar-refractivity contribution in [2.24, 2.45) is 0 Å². The third-order valence-electron chi connectivity index (χ3n) is 2.31. The van der Waals surface area contributed by atoms with Crippen LogP contribution in [-0.4, -0.2) is 7.05 Å². The van der Waals surface area contributed by atoms with Crippen molar-refractivity contribution >= 4 is 5.69 Å². The fraction of sp³-hybridized carbons (Fsp3) is 0.385. The first-order chi connectivity index (χ1) is 6.72. The van der Waals surface area contributed by atoms with Crippen molar-refractivity contribution in [2.75, 3.05) is 12.4 Å². The zero-order valence-electron chi connectivity index (χ0n) is 9.14. The molecular formula is C13H19N. The molecule has 1 heteroatoms. The second-order valence-corrected chi connectivity index (χ2v) is 3.76. The molecule has 0 fully saturated rings. The van der Waals surface area contributed by atoms with Crippen molar-refractivity contribution in [2.45, 2.75) is 26.2 Å². The fourth-order valence-corrected chi connectivity index (χ4v) is 1.43. The van der Waals surface area contributed by atoms with Crippen LogP contribution in [0.1, 0.15) is 25.3 Å². The third-order valence-corrected chi connectivity index (χ3v) is 2.31. The van der Waals surface area contributed by atoms with Crippen molar-refractivity contribution < 1.29 is 0 Å². The van der Waals surface area contributed by atoms with Gasteiger partial charge in [-0.2, -0.15) is 0 Å². The Labute approximate surface area is 86.8 Å². The number of rotatable bonds is 5. The summed E-state index contributed by atoms with van der Waals surface area (Å²) in [6.45, 7) is 5.99. The number of benzene rings is 1. The molecule has 1 nitrogen and oxygen atoms in total. The highest BCUT2D eigenvalue weighted by Gasteiger charge is 1.94. The molecule has 0 radical (unpaired) electrons. The Morgan fingerprint density at radius 2 is 1.93 bits per heavy atom. The smallest absolute Gasteiger partial charge is 0.0337 e. The van der Waals surface area contributed by atoms with Crippen LogP contribution in [0.2, 0.25) is 0 Å². The number of anilines is 1. The number of aryl methyl sites for hydroxylation is 1. The zero-order valence-corrected chi connectivity index (χ0v) is 9.14. The topological polar surface area (TPSA) is 12.0 Å². The molecule has 0 aliphatic carbocycles. The molecule has 0 bridgehead atoms. The molecule has 76 valence electrons. The van der Waals surface area contributed by atoms with Gasteiger partial charge in [-0.25, -0.2) is 0 Å². The average molecular weight is 189 g/mol. The van der Waals surface area contributed by atoms with Gasteiger partial charge in [-0.05, 0) is 43.9 Å². The van der Waals surface area contributed by atoms with E-state index in [4.69, 9.17) is 0 Å². The lowest BCUT2D eigenvalue weighted by molar-refractivity contribution is 0.814. The minimum absolute atomic E-state index is 1.13. The Bertz CT molecular complexity index is 285. The molecule has 0 aromatic heterocycles. The Kier molecular flexibility index (Phi) is 4.24. The molecule has 0 aliphatic rings. The monoisotopic (exact) mass is 189 g/mol. The highest BCUT2D eigenvalue weighted by Crippen LogP contribution is 2.12. The van der Waals surface area contributed by atoms with Gasteiger partial charge in [0.25, 0.3) is 0 Å². The SMILES string of the molecule is C=C(C)CCCc1ccc(NC)cc1. The predicted octanol–water partition coefficient (Wildman–Crippen LogP) is 3.63. The van der Waals surface area contributed by atoms with Crippen molar-refractivity contribution in [3.63, 3.8) is 0 Å². The van der Waals surface area contributed by atoms with Crippen molar-refractivity contribution in [3.8, 4) is 0 Å². The van der Waals surface area contributed by atoms with Gasteiger partial charge in [0.15, 0.2) is 0 Å². The van der Waals surface area contributed by atoms with Crippen LogP contribution in [-0.2, 0) is 6.42 Å². The van der Waals surface area contributed by atoms with E-state index in [1.165, 1.54) is 23.2 Å². The second-order valence-electron chi connectivity index (χ2n) is 3.76. The molecule has 1 rings (SSSR count). The highest BCUT2D eigenvalue weighted by atomic mass is 14.8. The van der Waals surface area contributed by atoms with Crippen LogP contribution in [0.5, 0.6) is 0 Å². The summed E-state index contributed by atoms with van der Waals surface area (Å²) in [4.78, 5) is 0. The van der Waals surface area contributed by atoms with E-state index in [0.29, 0.717) is 0 Å². The summed E-state index contributed by atoms with van der Waals surface area (Å²) in [6, 6.07) is 8.61. The lowest BCUT2D eigenvalue weighted by atomic mass is 10.1. The van der Waals surface area contributed by atoms with Crippen LogP contribution in [0.4, 0.5) is 5.69 Å². The standard InChI is InChI=1S/C13H19N/c1-11(2)5-4-6-12-7-9-13(14-3)10-8-12/h7-10,14H,1,4-6H2,2-3H3. The molecule has 0 unspecified atom stereocenters. The van der Waals surface area contributed by atoms with Crippen LogP contribution < -0.4 is 5.32 Å². The molecule has 0 saturated carbocycles. The van der Waals surface area contributed by atoms with Crippen LogP contribution in [0.15, 0.2) is 36.4 Å². The molecule has 1 aromatic rings. The lowest BCUT2D eigenvalue weighted by Crippen LogP contribution is -1.89. The molecule has 14 heavy (non-hydrogen) atoms. The summed E-state index contributed by atoms with van der Waals surface area (Å²) < 4.78 is 0. The van der Waals surface area contributed by atoms with Crippen molar-refractivity contribution in [3.05, 3.63) is 42.0 Å². The average Bonchev–Trinajstić information content (AvgIpc) is 2.18. The van der Waals surface area contributed by atoms with E-state index in [0.717, 1.165) is 12.8 Å². The Hall–Kier alpha value is -1.24. The summed E-state index contributed by atoms with van der Waals surface area (Å²) in [5, 5.41) is 3.11. The molecule has 1 N–H and O–H groups in total. The number of hydrogen-bond acceptors (Lipinski definition) is 1. The molecule has 0 heterocycles. The van der Waals surface area contributed by atoms with Gasteiger partial charge in [0, 0.05) is 12.7 Å². The molecule has 0 spiro atoms. The Morgan fingerprint density at radius 3 is 2.43 bits per heavy atom. The van der Waals surface area contributed by atoms with E-state index in [2.05, 4.69) is 43.1 Å². The van der Waals surface area contributed by atoms with Gasteiger partial charge in [0.1, 0.15) is 0 Å². The van der Waals surface area contributed by atoms with Gasteiger partial charge in [-0.3, -0.25) is 0 Å². The van der Waals surface area contributed by atoms with E-state index >= 15 is 0 Å². The van der Waals surface area contributed by atoms with Gasteiger partial charge in [0.05, 0.1) is 0 Å². The molecule has 0 atom stereocenters. The second kappa shape index (κ2) is 5.48. The molecule has 1 aromatic carbocycles. The van der Waals surface area contributed by atoms with E-state index in [-0.39, 0.29) is 0 Å². The van der Waals surface area contributed by atoms with Gasteiger partial charge in [-0.15, -0.1) is 6.58 Å². The minimum atomic E-state index is 1.13. The van der Waals surface area contributed by atoms with E-state index < -0.39 is 0 Å². The molecule has 0 saturated heterocycles. The maximum Gasteiger partial charge on any atom is 0.0337 e. The normalized spacial score (nSPS) is 9.86. The van der Waals surface area contributed by atoms with Gasteiger partial charge in [-0.1, -0.05) is 17.7 Å². The Morgan fingerprint density at radius 1 is 1.29 bits per heavy atom. The molecule has 0 aliphatic heterocycles. The van der Waals surface area contributed by atoms with Gasteiger partial charge >= 0.3 is 0 Å². The highest BCUT2D eigenvalue weighted by molar-refractivity contribution is 5.43. The van der Waals surface area contributed by atoms with Crippen LogP contribution in [0.3, 0.4) is 0 Å². The maximum absolute atomic E-state index is 3.90. The number of allylic oxidation sites excluding steroid dienone is 1. The molecular weight excluding hydrogens is 170 g/mol. The number of hydrogen-bond donors (Lipinski definition) is 1. The summed E-state index contributed by atoms with van der Waals surface area (Å²) in [5.41, 5.74) is 3.86.